The molecular formula is C33H29N4O2P. The summed E-state index contributed by atoms with van der Waals surface area (Å²) in [7, 11) is -1.04. The van der Waals surface area contributed by atoms with E-state index in [1.807, 2.05) is 72.8 Å². The molecule has 1 aliphatic heterocycles. The van der Waals surface area contributed by atoms with Crippen LogP contribution >= 0.6 is 8.38 Å². The number of benzene rings is 4. The zero-order valence-electron chi connectivity index (χ0n) is 22.9. The maximum atomic E-state index is 6.42. The summed E-state index contributed by atoms with van der Waals surface area (Å²) >= 11 is 0. The van der Waals surface area contributed by atoms with Crippen molar-refractivity contribution < 1.29 is 9.05 Å². The Morgan fingerprint density at radius 1 is 0.650 bits per heavy atom. The van der Waals surface area contributed by atoms with E-state index in [1.54, 1.807) is 0 Å². The third kappa shape index (κ3) is 3.98. The second-order valence-corrected chi connectivity index (χ2v) is 13.1. The van der Waals surface area contributed by atoms with Gasteiger partial charge >= 0.3 is 0 Å². The summed E-state index contributed by atoms with van der Waals surface area (Å²) in [5.74, 6) is 2.63. The van der Waals surface area contributed by atoms with Gasteiger partial charge in [-0.1, -0.05) is 78.9 Å². The molecule has 0 radical (unpaired) electrons. The maximum absolute atomic E-state index is 6.42. The Hall–Kier alpha value is -4.12. The molecule has 2 aromatic heterocycles. The minimum absolute atomic E-state index is 0.0438. The highest BCUT2D eigenvalue weighted by Crippen LogP contribution is 2.69. The van der Waals surface area contributed by atoms with Crippen molar-refractivity contribution in [2.75, 3.05) is 0 Å². The first-order valence-electron chi connectivity index (χ1n) is 13.4. The first-order chi connectivity index (χ1) is 19.3. The van der Waals surface area contributed by atoms with Crippen LogP contribution in [0.3, 0.4) is 0 Å². The van der Waals surface area contributed by atoms with Crippen LogP contribution in [0.1, 0.15) is 27.7 Å². The van der Waals surface area contributed by atoms with Crippen LogP contribution in [0.4, 0.5) is 0 Å². The van der Waals surface area contributed by atoms with Gasteiger partial charge in [-0.05, 0) is 52.0 Å². The van der Waals surface area contributed by atoms with E-state index in [2.05, 4.69) is 62.6 Å². The SMILES string of the molecule is CC1(C)OP(Oc2ccc3c(c2)c2ccccc2n3-c2nc(-c3ccccc3)nc(-c3ccccc3)n2)C1(C)C. The van der Waals surface area contributed by atoms with Crippen LogP contribution in [0, 0.1) is 0 Å². The molecule has 0 spiro atoms. The predicted octanol–water partition coefficient (Wildman–Crippen LogP) is 8.58. The van der Waals surface area contributed by atoms with Gasteiger partial charge in [0.1, 0.15) is 5.75 Å². The van der Waals surface area contributed by atoms with Gasteiger partial charge in [-0.3, -0.25) is 4.57 Å². The van der Waals surface area contributed by atoms with Gasteiger partial charge in [0.05, 0.1) is 21.8 Å². The minimum Gasteiger partial charge on any atom is -0.447 e. The summed E-state index contributed by atoms with van der Waals surface area (Å²) in [4.78, 5) is 14.9. The number of hydrogen-bond donors (Lipinski definition) is 0. The van der Waals surface area contributed by atoms with Gasteiger partial charge in [0, 0.05) is 21.9 Å². The molecule has 1 saturated heterocycles. The standard InChI is InChI=1S/C33H29N4O2P/c1-32(2)33(3,4)40(39-32)38-24-19-20-28-26(21-24)25-17-11-12-18-27(25)37(28)31-35-29(22-13-7-5-8-14-22)34-30(36-31)23-15-9-6-10-16-23/h5-21H,1-4H3. The summed E-state index contributed by atoms with van der Waals surface area (Å²) in [6.07, 6.45) is 0. The lowest BCUT2D eigenvalue weighted by atomic mass is 9.93. The van der Waals surface area contributed by atoms with Crippen molar-refractivity contribution in [3.8, 4) is 34.5 Å². The molecule has 0 amide bonds. The molecule has 7 rings (SSSR count). The largest absolute Gasteiger partial charge is 0.447 e. The van der Waals surface area contributed by atoms with E-state index >= 15 is 0 Å². The lowest BCUT2D eigenvalue weighted by molar-refractivity contribution is 0.00610. The molecule has 6 aromatic rings. The summed E-state index contributed by atoms with van der Waals surface area (Å²) in [5, 5.41) is 2.13. The second kappa shape index (κ2) is 9.22. The molecule has 0 aliphatic carbocycles. The molecule has 198 valence electrons. The monoisotopic (exact) mass is 544 g/mol. The van der Waals surface area contributed by atoms with Gasteiger partial charge in [-0.25, -0.2) is 4.98 Å². The van der Waals surface area contributed by atoms with Crippen LogP contribution < -0.4 is 4.52 Å². The first kappa shape index (κ1) is 24.9. The van der Waals surface area contributed by atoms with E-state index < -0.39 is 8.38 Å². The number of nitrogens with zero attached hydrogens (tertiary/aromatic N) is 4. The van der Waals surface area contributed by atoms with Gasteiger partial charge in [0.25, 0.3) is 0 Å². The van der Waals surface area contributed by atoms with Gasteiger partial charge in [0.15, 0.2) is 11.6 Å². The summed E-state index contributed by atoms with van der Waals surface area (Å²) in [6, 6.07) is 34.6. The molecular weight excluding hydrogens is 515 g/mol. The fourth-order valence-corrected chi connectivity index (χ4v) is 6.76. The Morgan fingerprint density at radius 3 is 1.82 bits per heavy atom. The highest BCUT2D eigenvalue weighted by Gasteiger charge is 2.59. The normalized spacial score (nSPS) is 17.6. The topological polar surface area (TPSA) is 62.1 Å². The van der Waals surface area contributed by atoms with E-state index in [4.69, 9.17) is 24.0 Å². The Morgan fingerprint density at radius 2 is 1.23 bits per heavy atom. The van der Waals surface area contributed by atoms with Crippen LogP contribution in [-0.4, -0.2) is 30.3 Å². The lowest BCUT2D eigenvalue weighted by Crippen LogP contribution is -2.55. The number of para-hydroxylation sites is 1. The maximum Gasteiger partial charge on any atom is 0.239 e. The van der Waals surface area contributed by atoms with Crippen LogP contribution in [0.5, 0.6) is 5.75 Å². The predicted molar refractivity (Wildman–Crippen MR) is 162 cm³/mol. The van der Waals surface area contributed by atoms with Gasteiger partial charge in [-0.2, -0.15) is 9.97 Å². The summed E-state index contributed by atoms with van der Waals surface area (Å²) < 4.78 is 14.7. The van der Waals surface area contributed by atoms with E-state index in [0.29, 0.717) is 17.6 Å². The lowest BCUT2D eigenvalue weighted by Gasteiger charge is -2.55. The molecule has 3 heterocycles. The molecule has 1 atom stereocenters. The highest BCUT2D eigenvalue weighted by molar-refractivity contribution is 7.51. The van der Waals surface area contributed by atoms with Crippen LogP contribution in [0.15, 0.2) is 103 Å². The Kier molecular flexibility index (Phi) is 5.74. The van der Waals surface area contributed by atoms with Gasteiger partial charge in [0.2, 0.25) is 14.3 Å². The Balaban J connectivity index is 1.40. The van der Waals surface area contributed by atoms with Crippen molar-refractivity contribution in [2.45, 2.75) is 38.5 Å². The summed E-state index contributed by atoms with van der Waals surface area (Å²) in [6.45, 7) is 8.66. The molecule has 0 saturated carbocycles. The van der Waals surface area contributed by atoms with Gasteiger partial charge < -0.3 is 9.05 Å². The molecule has 0 bridgehead atoms. The zero-order valence-corrected chi connectivity index (χ0v) is 23.8. The molecule has 4 aromatic carbocycles. The average Bonchev–Trinajstić information content (AvgIpc) is 3.31. The van der Waals surface area contributed by atoms with Crippen LogP contribution in [-0.2, 0) is 4.52 Å². The molecule has 6 nitrogen and oxygen atoms in total. The molecule has 7 heteroatoms. The van der Waals surface area contributed by atoms with Crippen LogP contribution in [0.25, 0.3) is 50.5 Å². The first-order valence-corrected chi connectivity index (χ1v) is 14.6. The Bertz CT molecular complexity index is 1810. The number of aromatic nitrogens is 4. The number of hydrogen-bond acceptors (Lipinski definition) is 5. The van der Waals surface area contributed by atoms with E-state index in [1.165, 1.54) is 0 Å². The van der Waals surface area contributed by atoms with Crippen molar-refractivity contribution in [1.29, 1.82) is 0 Å². The number of rotatable bonds is 5. The quantitative estimate of drug-likeness (QED) is 0.203. The molecule has 1 fully saturated rings. The van der Waals surface area contributed by atoms with Crippen molar-refractivity contribution in [3.05, 3.63) is 103 Å². The average molecular weight is 545 g/mol. The van der Waals surface area contributed by atoms with Crippen molar-refractivity contribution >= 4 is 30.2 Å². The van der Waals surface area contributed by atoms with E-state index in [9.17, 15) is 0 Å². The molecule has 1 aliphatic rings. The van der Waals surface area contributed by atoms with Crippen molar-refractivity contribution in [1.82, 2.24) is 19.5 Å². The van der Waals surface area contributed by atoms with Crippen LogP contribution in [0.2, 0.25) is 0 Å². The summed E-state index contributed by atoms with van der Waals surface area (Å²) in [5.41, 5.74) is 3.69. The smallest absolute Gasteiger partial charge is 0.239 e. The molecule has 1 unspecified atom stereocenters. The third-order valence-corrected chi connectivity index (χ3v) is 10.4. The number of fused-ring (bicyclic) bond motifs is 3. The van der Waals surface area contributed by atoms with E-state index in [0.717, 1.165) is 38.7 Å². The molecule has 40 heavy (non-hydrogen) atoms. The van der Waals surface area contributed by atoms with Crippen molar-refractivity contribution in [3.63, 3.8) is 0 Å². The highest BCUT2D eigenvalue weighted by atomic mass is 31.2. The second-order valence-electron chi connectivity index (χ2n) is 11.1. The third-order valence-electron chi connectivity index (χ3n) is 7.96. The molecule has 0 N–H and O–H groups in total. The van der Waals surface area contributed by atoms with Crippen molar-refractivity contribution in [2.24, 2.45) is 0 Å². The van der Waals surface area contributed by atoms with E-state index in [-0.39, 0.29) is 10.8 Å². The fourth-order valence-electron chi connectivity index (χ4n) is 4.96. The minimum atomic E-state index is -1.04. The van der Waals surface area contributed by atoms with Gasteiger partial charge in [-0.15, -0.1) is 0 Å². The zero-order chi connectivity index (χ0) is 27.5. The Labute approximate surface area is 234 Å². The fraction of sp³-hybridized carbons (Fsp3) is 0.182.